The second kappa shape index (κ2) is 8.76. The van der Waals surface area contributed by atoms with Crippen LogP contribution in [0.15, 0.2) is 53.5 Å². The number of thiophene rings is 1. The molecule has 0 spiro atoms. The van der Waals surface area contributed by atoms with Gasteiger partial charge >= 0.3 is 0 Å². The third-order valence-electron chi connectivity index (χ3n) is 5.31. The van der Waals surface area contributed by atoms with Crippen molar-refractivity contribution in [1.29, 1.82) is 0 Å². The highest BCUT2D eigenvalue weighted by Crippen LogP contribution is 2.23. The van der Waals surface area contributed by atoms with E-state index in [0.717, 1.165) is 47.9 Å². The van der Waals surface area contributed by atoms with Gasteiger partial charge in [-0.3, -0.25) is 4.99 Å². The molecule has 1 N–H and O–H groups in total. The van der Waals surface area contributed by atoms with E-state index in [0.29, 0.717) is 13.2 Å². The van der Waals surface area contributed by atoms with Crippen LogP contribution in [0.4, 0.5) is 0 Å². The predicted octanol–water partition coefficient (Wildman–Crippen LogP) is 3.43. The number of piperidine rings is 1. The summed E-state index contributed by atoms with van der Waals surface area (Å²) < 4.78 is 7.27. The Kier molecular flexibility index (Phi) is 5.71. The van der Waals surface area contributed by atoms with Crippen molar-refractivity contribution in [1.82, 2.24) is 15.2 Å². The lowest BCUT2D eigenvalue weighted by Gasteiger charge is -2.24. The fourth-order valence-corrected chi connectivity index (χ4v) is 4.96. The third kappa shape index (κ3) is 4.51. The second-order valence-electron chi connectivity index (χ2n) is 7.58. The summed E-state index contributed by atoms with van der Waals surface area (Å²) in [6.45, 7) is 3.36. The van der Waals surface area contributed by atoms with Gasteiger partial charge < -0.3 is 15.0 Å². The minimum absolute atomic E-state index is 0.255. The number of halogens is 1. The minimum Gasteiger partial charge on any atom is -0.474 e. The maximum atomic E-state index is 6.09. The van der Waals surface area contributed by atoms with Gasteiger partial charge in [0.05, 0.1) is 22.1 Å². The summed E-state index contributed by atoms with van der Waals surface area (Å²) in [5.41, 5.74) is 2.16. The zero-order valence-corrected chi connectivity index (χ0v) is 18.1. The van der Waals surface area contributed by atoms with Gasteiger partial charge in [-0.1, -0.05) is 29.8 Å². The summed E-state index contributed by atoms with van der Waals surface area (Å²) in [6, 6.07) is 16.1. The molecule has 0 bridgehead atoms. The Bertz CT molecular complexity index is 1140. The maximum Gasteiger partial charge on any atom is 0.213 e. The number of rotatable bonds is 5. The highest BCUT2D eigenvalue weighted by atomic mass is 35.5. The first kappa shape index (κ1) is 19.5. The number of fused-ring (bicyclic) bond motifs is 1. The number of pyridine rings is 1. The molecule has 0 saturated carbocycles. The van der Waals surface area contributed by atoms with Crippen LogP contribution in [-0.2, 0) is 6.54 Å². The molecule has 0 aliphatic carbocycles. The first-order valence-electron chi connectivity index (χ1n) is 10.2. The van der Waals surface area contributed by atoms with Crippen LogP contribution >= 0.6 is 22.9 Å². The molecule has 5 nitrogen and oxygen atoms in total. The van der Waals surface area contributed by atoms with Crippen molar-refractivity contribution in [3.8, 4) is 16.3 Å². The van der Waals surface area contributed by atoms with Crippen molar-refractivity contribution < 1.29 is 4.74 Å². The standard InChI is InChI=1S/C23H23ClN4OS/c24-17-6-4-16(5-7-17)21-12-20-22(30-21)14-28(15-26-20)13-18-2-1-3-23(27-18)29-19-8-10-25-11-9-19/h1-7,12,14,19,25H,8-11,13,15H2. The van der Waals surface area contributed by atoms with Crippen LogP contribution in [0.2, 0.25) is 5.02 Å². The van der Waals surface area contributed by atoms with Crippen LogP contribution in [0.1, 0.15) is 18.5 Å². The summed E-state index contributed by atoms with van der Waals surface area (Å²) in [5.74, 6) is 0.718. The van der Waals surface area contributed by atoms with Gasteiger partial charge in [0.15, 0.2) is 0 Å². The molecule has 2 aliphatic heterocycles. The summed E-state index contributed by atoms with van der Waals surface area (Å²) in [5, 5.41) is 5.17. The molecule has 2 aromatic heterocycles. The molecular formula is C23H23ClN4OS. The third-order valence-corrected chi connectivity index (χ3v) is 6.67. The summed E-state index contributed by atoms with van der Waals surface area (Å²) in [7, 11) is 0. The van der Waals surface area contributed by atoms with Crippen molar-refractivity contribution in [2.45, 2.75) is 25.5 Å². The number of ether oxygens (including phenoxy) is 1. The van der Waals surface area contributed by atoms with Gasteiger partial charge in [-0.2, -0.15) is 0 Å². The molecule has 5 rings (SSSR count). The van der Waals surface area contributed by atoms with Crippen LogP contribution in [0.25, 0.3) is 16.6 Å². The summed E-state index contributed by atoms with van der Waals surface area (Å²) >= 11 is 7.77. The number of hydrogen-bond acceptors (Lipinski definition) is 6. The molecule has 30 heavy (non-hydrogen) atoms. The van der Waals surface area contributed by atoms with E-state index in [1.165, 1.54) is 15.0 Å². The Hall–Kier alpha value is -2.41. The highest BCUT2D eigenvalue weighted by molar-refractivity contribution is 7.13. The number of benzene rings is 1. The van der Waals surface area contributed by atoms with Gasteiger partial charge in [0.25, 0.3) is 0 Å². The monoisotopic (exact) mass is 438 g/mol. The topological polar surface area (TPSA) is 49.8 Å². The van der Waals surface area contributed by atoms with Crippen molar-refractivity contribution in [3.63, 3.8) is 0 Å². The summed E-state index contributed by atoms with van der Waals surface area (Å²) in [6.07, 6.45) is 4.50. The SMILES string of the molecule is Clc1ccc(-c2cc3c(s2)=CN(Cc2cccc(OC4CCNCC4)n2)CN=3)cc1. The smallest absolute Gasteiger partial charge is 0.213 e. The molecule has 2 aliphatic rings. The fourth-order valence-electron chi connectivity index (χ4n) is 3.74. The maximum absolute atomic E-state index is 6.09. The molecule has 7 heteroatoms. The molecule has 154 valence electrons. The van der Waals surface area contributed by atoms with Crippen LogP contribution in [0.5, 0.6) is 5.88 Å². The molecular weight excluding hydrogens is 416 g/mol. The molecule has 1 fully saturated rings. The van der Waals surface area contributed by atoms with Crippen LogP contribution in [0, 0.1) is 0 Å². The molecule has 1 saturated heterocycles. The van der Waals surface area contributed by atoms with Gasteiger partial charge in [-0.25, -0.2) is 4.98 Å². The quantitative estimate of drug-likeness (QED) is 0.663. The van der Waals surface area contributed by atoms with Gasteiger partial charge in [0.2, 0.25) is 5.88 Å². The zero-order valence-electron chi connectivity index (χ0n) is 16.6. The number of nitrogens with one attached hydrogen (secondary N) is 1. The van der Waals surface area contributed by atoms with Crippen LogP contribution < -0.4 is 19.9 Å². The lowest BCUT2D eigenvalue weighted by Crippen LogP contribution is -2.34. The Morgan fingerprint density at radius 1 is 1.13 bits per heavy atom. The Labute approximate surface area is 184 Å². The van der Waals surface area contributed by atoms with E-state index in [-0.39, 0.29) is 6.10 Å². The van der Waals surface area contributed by atoms with E-state index in [1.807, 2.05) is 30.3 Å². The molecule has 0 atom stereocenters. The Morgan fingerprint density at radius 3 is 2.80 bits per heavy atom. The molecule has 4 heterocycles. The molecule has 0 amide bonds. The first-order valence-corrected chi connectivity index (χ1v) is 11.4. The first-order chi connectivity index (χ1) is 14.7. The van der Waals surface area contributed by atoms with E-state index in [1.54, 1.807) is 11.3 Å². The van der Waals surface area contributed by atoms with E-state index >= 15 is 0 Å². The van der Waals surface area contributed by atoms with E-state index in [9.17, 15) is 0 Å². The average Bonchev–Trinajstić information content (AvgIpc) is 3.19. The second-order valence-corrected chi connectivity index (χ2v) is 9.10. The van der Waals surface area contributed by atoms with Crippen molar-refractivity contribution >= 4 is 29.1 Å². The van der Waals surface area contributed by atoms with Crippen LogP contribution in [-0.4, -0.2) is 35.7 Å². The zero-order chi connectivity index (χ0) is 20.3. The predicted molar refractivity (Wildman–Crippen MR) is 121 cm³/mol. The van der Waals surface area contributed by atoms with Crippen molar-refractivity contribution in [3.05, 3.63) is 69.1 Å². The minimum atomic E-state index is 0.255. The van der Waals surface area contributed by atoms with E-state index < -0.39 is 0 Å². The Balaban J connectivity index is 1.30. The van der Waals surface area contributed by atoms with E-state index in [2.05, 4.69) is 34.6 Å². The van der Waals surface area contributed by atoms with Crippen molar-refractivity contribution in [2.75, 3.05) is 19.8 Å². The number of aromatic nitrogens is 1. The van der Waals surface area contributed by atoms with Gasteiger partial charge in [-0.05, 0) is 55.8 Å². The van der Waals surface area contributed by atoms with E-state index in [4.69, 9.17) is 26.3 Å². The van der Waals surface area contributed by atoms with Gasteiger partial charge in [0, 0.05) is 22.2 Å². The fraction of sp³-hybridized carbons (Fsp3) is 0.304. The molecule has 0 radical (unpaired) electrons. The number of nitrogens with zero attached hydrogens (tertiary/aromatic N) is 3. The Morgan fingerprint density at radius 2 is 1.97 bits per heavy atom. The molecule has 3 aromatic rings. The average molecular weight is 439 g/mol. The van der Waals surface area contributed by atoms with Crippen LogP contribution in [0.3, 0.4) is 0 Å². The van der Waals surface area contributed by atoms with Gasteiger partial charge in [0.1, 0.15) is 12.8 Å². The lowest BCUT2D eigenvalue weighted by atomic mass is 10.1. The largest absolute Gasteiger partial charge is 0.474 e. The van der Waals surface area contributed by atoms with Crippen molar-refractivity contribution in [2.24, 2.45) is 4.99 Å². The highest BCUT2D eigenvalue weighted by Gasteiger charge is 2.15. The van der Waals surface area contributed by atoms with Gasteiger partial charge in [-0.15, -0.1) is 11.3 Å². The lowest BCUT2D eigenvalue weighted by molar-refractivity contribution is 0.155. The molecule has 1 aromatic carbocycles. The summed E-state index contributed by atoms with van der Waals surface area (Å²) in [4.78, 5) is 12.9. The normalized spacial score (nSPS) is 16.5. The molecule has 0 unspecified atom stereocenters. The number of hydrogen-bond donors (Lipinski definition) is 1.